The number of aliphatic hydroxyl groups excluding tert-OH is 1. The van der Waals surface area contributed by atoms with Crippen molar-refractivity contribution in [3.05, 3.63) is 35.9 Å². The second-order valence-electron chi connectivity index (χ2n) is 5.06. The molecule has 1 fully saturated rings. The summed E-state index contributed by atoms with van der Waals surface area (Å²) in [6.45, 7) is 1.20. The van der Waals surface area contributed by atoms with Gasteiger partial charge in [0.05, 0.1) is 12.1 Å². The number of nitrogens with one attached hydrogen (secondary N) is 1. The monoisotopic (exact) mass is 299 g/mol. The van der Waals surface area contributed by atoms with Crippen LogP contribution in [0.25, 0.3) is 0 Å². The van der Waals surface area contributed by atoms with Crippen LogP contribution in [0, 0.1) is 0 Å². The molecule has 0 unspecified atom stereocenters. The van der Waals surface area contributed by atoms with Crippen LogP contribution in [-0.4, -0.2) is 61.5 Å². The Morgan fingerprint density at radius 1 is 1.25 bits per heavy atom. The van der Waals surface area contributed by atoms with E-state index in [4.69, 9.17) is 0 Å². The number of aliphatic hydroxyl groups is 1. The van der Waals surface area contributed by atoms with Crippen LogP contribution in [0.2, 0.25) is 0 Å². The highest BCUT2D eigenvalue weighted by molar-refractivity contribution is 7.86. The number of rotatable bonds is 5. The van der Waals surface area contributed by atoms with E-state index in [0.29, 0.717) is 19.6 Å². The first-order chi connectivity index (χ1) is 9.43. The second-order valence-corrected chi connectivity index (χ2v) is 7.15. The van der Waals surface area contributed by atoms with Gasteiger partial charge < -0.3 is 10.4 Å². The lowest BCUT2D eigenvalue weighted by molar-refractivity contribution is 0.133. The van der Waals surface area contributed by atoms with E-state index in [1.54, 1.807) is 7.05 Å². The predicted molar refractivity (Wildman–Crippen MR) is 77.3 cm³/mol. The fourth-order valence-electron chi connectivity index (χ4n) is 2.34. The third-order valence-electron chi connectivity index (χ3n) is 3.62. The van der Waals surface area contributed by atoms with Gasteiger partial charge in [-0.25, -0.2) is 0 Å². The minimum Gasteiger partial charge on any atom is -0.390 e. The van der Waals surface area contributed by atoms with Crippen molar-refractivity contribution < 1.29 is 13.5 Å². The van der Waals surface area contributed by atoms with Crippen molar-refractivity contribution in [3.8, 4) is 0 Å². The molecule has 0 aromatic heterocycles. The van der Waals surface area contributed by atoms with E-state index >= 15 is 0 Å². The van der Waals surface area contributed by atoms with Gasteiger partial charge in [-0.2, -0.15) is 17.0 Å². The van der Waals surface area contributed by atoms with E-state index in [1.165, 1.54) is 15.7 Å². The first-order valence-electron chi connectivity index (χ1n) is 6.55. The molecule has 0 aliphatic carbocycles. The lowest BCUT2D eigenvalue weighted by Gasteiger charge is -2.29. The van der Waals surface area contributed by atoms with E-state index in [0.717, 1.165) is 5.56 Å². The number of likely N-dealkylation sites (N-methyl/N-ethyl adjacent to an activating group) is 1. The molecule has 0 bridgehead atoms. The first kappa shape index (κ1) is 15.4. The maximum atomic E-state index is 12.5. The molecule has 112 valence electrons. The van der Waals surface area contributed by atoms with E-state index in [2.05, 4.69) is 5.32 Å². The summed E-state index contributed by atoms with van der Waals surface area (Å²) in [7, 11) is -0.526. The Bertz CT molecular complexity index is 535. The van der Waals surface area contributed by atoms with E-state index in [1.807, 2.05) is 30.3 Å². The standard InChI is InChI=1S/C13H21N3O3S/c1-15(10-11-6-4-3-5-7-11)20(18,19)16(2)12-8-14-9-13(12)17/h3-7,12-14,17H,8-10H2,1-2H3/t12-,13-/m0/s1. The van der Waals surface area contributed by atoms with Crippen LogP contribution >= 0.6 is 0 Å². The molecule has 2 rings (SSSR count). The summed E-state index contributed by atoms with van der Waals surface area (Å²) in [6.07, 6.45) is -0.667. The fourth-order valence-corrected chi connectivity index (χ4v) is 3.64. The molecule has 2 N–H and O–H groups in total. The Balaban J connectivity index is 2.09. The van der Waals surface area contributed by atoms with Gasteiger partial charge in [0.2, 0.25) is 0 Å². The van der Waals surface area contributed by atoms with Gasteiger partial charge >= 0.3 is 0 Å². The van der Waals surface area contributed by atoms with Crippen molar-refractivity contribution in [1.29, 1.82) is 0 Å². The Morgan fingerprint density at radius 2 is 1.90 bits per heavy atom. The summed E-state index contributed by atoms with van der Waals surface area (Å²) < 4.78 is 27.5. The van der Waals surface area contributed by atoms with Crippen LogP contribution in [0.4, 0.5) is 0 Å². The van der Waals surface area contributed by atoms with Crippen LogP contribution in [0.3, 0.4) is 0 Å². The van der Waals surface area contributed by atoms with Crippen molar-refractivity contribution in [2.75, 3.05) is 27.2 Å². The molecule has 1 heterocycles. The van der Waals surface area contributed by atoms with Crippen molar-refractivity contribution in [1.82, 2.24) is 13.9 Å². The lowest BCUT2D eigenvalue weighted by Crippen LogP contribution is -2.49. The number of β-amino-alcohol motifs (C(OH)–C–C–N with tert-alkyl or cyclic N) is 1. The zero-order chi connectivity index (χ0) is 14.8. The quantitative estimate of drug-likeness (QED) is 0.778. The van der Waals surface area contributed by atoms with Crippen LogP contribution in [0.1, 0.15) is 5.56 Å². The zero-order valence-electron chi connectivity index (χ0n) is 11.7. The summed E-state index contributed by atoms with van der Waals surface area (Å²) in [5.74, 6) is 0. The molecule has 0 saturated carbocycles. The van der Waals surface area contributed by atoms with Gasteiger partial charge in [0.15, 0.2) is 0 Å². The summed E-state index contributed by atoms with van der Waals surface area (Å²) in [5.41, 5.74) is 0.928. The third-order valence-corrected chi connectivity index (χ3v) is 5.54. The van der Waals surface area contributed by atoms with Gasteiger partial charge in [0, 0.05) is 33.7 Å². The SMILES string of the molecule is CN(Cc1ccccc1)S(=O)(=O)N(C)[C@H]1CNC[C@@H]1O. The minimum absolute atomic E-state index is 0.309. The normalized spacial score (nSPS) is 23.6. The highest BCUT2D eigenvalue weighted by Gasteiger charge is 2.36. The minimum atomic E-state index is -3.59. The molecular formula is C13H21N3O3S. The smallest absolute Gasteiger partial charge is 0.282 e. The van der Waals surface area contributed by atoms with Crippen LogP contribution in [0.5, 0.6) is 0 Å². The average Bonchev–Trinajstić information content (AvgIpc) is 2.85. The van der Waals surface area contributed by atoms with Crippen molar-refractivity contribution in [2.24, 2.45) is 0 Å². The first-order valence-corrected chi connectivity index (χ1v) is 7.94. The molecule has 7 heteroatoms. The predicted octanol–water partition coefficient (Wildman–Crippen LogP) is -0.372. The molecule has 6 nitrogen and oxygen atoms in total. The van der Waals surface area contributed by atoms with Crippen molar-refractivity contribution in [2.45, 2.75) is 18.7 Å². The zero-order valence-corrected chi connectivity index (χ0v) is 12.5. The summed E-state index contributed by atoms with van der Waals surface area (Å²) >= 11 is 0. The molecule has 1 aliphatic rings. The third kappa shape index (κ3) is 3.18. The molecule has 0 spiro atoms. The number of benzene rings is 1. The van der Waals surface area contributed by atoms with Crippen LogP contribution in [0.15, 0.2) is 30.3 Å². The lowest BCUT2D eigenvalue weighted by atomic mass is 10.2. The van der Waals surface area contributed by atoms with E-state index in [9.17, 15) is 13.5 Å². The molecule has 2 atom stereocenters. The van der Waals surface area contributed by atoms with Crippen molar-refractivity contribution in [3.63, 3.8) is 0 Å². The average molecular weight is 299 g/mol. The van der Waals surface area contributed by atoms with Gasteiger partial charge in [-0.05, 0) is 5.56 Å². The topological polar surface area (TPSA) is 72.9 Å². The van der Waals surface area contributed by atoms with Crippen molar-refractivity contribution >= 4 is 10.2 Å². The Kier molecular flexibility index (Phi) is 4.77. The Labute approximate surface area is 120 Å². The maximum Gasteiger partial charge on any atom is 0.282 e. The highest BCUT2D eigenvalue weighted by Crippen LogP contribution is 2.16. The van der Waals surface area contributed by atoms with Gasteiger partial charge in [0.25, 0.3) is 10.2 Å². The van der Waals surface area contributed by atoms with Gasteiger partial charge in [-0.1, -0.05) is 30.3 Å². The second kappa shape index (κ2) is 6.19. The van der Waals surface area contributed by atoms with Crippen LogP contribution < -0.4 is 5.32 Å². The van der Waals surface area contributed by atoms with Gasteiger partial charge in [-0.3, -0.25) is 0 Å². The molecular weight excluding hydrogens is 278 g/mol. The Hall–Kier alpha value is -0.990. The number of nitrogens with zero attached hydrogens (tertiary/aromatic N) is 2. The fraction of sp³-hybridized carbons (Fsp3) is 0.538. The number of hydrogen-bond acceptors (Lipinski definition) is 4. The largest absolute Gasteiger partial charge is 0.390 e. The molecule has 1 aromatic rings. The summed E-state index contributed by atoms with van der Waals surface area (Å²) in [4.78, 5) is 0. The summed E-state index contributed by atoms with van der Waals surface area (Å²) in [6, 6.07) is 9.01. The molecule has 1 saturated heterocycles. The molecule has 0 amide bonds. The molecule has 1 aliphatic heterocycles. The Morgan fingerprint density at radius 3 is 2.45 bits per heavy atom. The molecule has 20 heavy (non-hydrogen) atoms. The number of hydrogen-bond donors (Lipinski definition) is 2. The van der Waals surface area contributed by atoms with Gasteiger partial charge in [-0.15, -0.1) is 0 Å². The highest BCUT2D eigenvalue weighted by atomic mass is 32.2. The van der Waals surface area contributed by atoms with Crippen LogP contribution in [-0.2, 0) is 16.8 Å². The molecule has 1 aromatic carbocycles. The maximum absolute atomic E-state index is 12.5. The van der Waals surface area contributed by atoms with E-state index in [-0.39, 0.29) is 0 Å². The van der Waals surface area contributed by atoms with E-state index < -0.39 is 22.4 Å². The molecule has 0 radical (unpaired) electrons. The summed E-state index contributed by atoms with van der Waals surface area (Å²) in [5, 5.41) is 12.8. The van der Waals surface area contributed by atoms with Gasteiger partial charge in [0.1, 0.15) is 0 Å².